The average molecular weight is 241 g/mol. The van der Waals surface area contributed by atoms with Crippen LogP contribution in [0.3, 0.4) is 0 Å². The van der Waals surface area contributed by atoms with E-state index in [4.69, 9.17) is 4.74 Å². The fourth-order valence-corrected chi connectivity index (χ4v) is 3.05. The second-order valence-corrected chi connectivity index (χ2v) is 6.03. The maximum Gasteiger partial charge on any atom is 0.232 e. The van der Waals surface area contributed by atoms with E-state index in [9.17, 15) is 8.42 Å². The summed E-state index contributed by atoms with van der Waals surface area (Å²) in [4.78, 5) is 0. The van der Waals surface area contributed by atoms with Gasteiger partial charge in [-0.25, -0.2) is 8.42 Å². The molecule has 88 valence electrons. The lowest BCUT2D eigenvalue weighted by atomic mass is 10.0. The molecule has 0 amide bonds. The first kappa shape index (κ1) is 11.3. The minimum absolute atomic E-state index is 0.232. The molecule has 1 aromatic carbocycles. The summed E-state index contributed by atoms with van der Waals surface area (Å²) in [6.45, 7) is 2.54. The number of hydrogen-bond donors (Lipinski definition) is 0. The molecule has 0 fully saturated rings. The number of hydrogen-bond acceptors (Lipinski definition) is 3. The standard InChI is InChI=1S/C11H15NO3S/c1-8-7-12(16(3,13)14)11-6-9(15-2)4-5-10(8)11/h4-6,8H,7H2,1-3H3. The quantitative estimate of drug-likeness (QED) is 0.789. The molecule has 1 atom stereocenters. The summed E-state index contributed by atoms with van der Waals surface area (Å²) in [7, 11) is -1.62. The van der Waals surface area contributed by atoms with E-state index in [0.717, 1.165) is 11.3 Å². The summed E-state index contributed by atoms with van der Waals surface area (Å²) >= 11 is 0. The van der Waals surface area contributed by atoms with Crippen molar-refractivity contribution in [2.45, 2.75) is 12.8 Å². The highest BCUT2D eigenvalue weighted by molar-refractivity contribution is 7.92. The van der Waals surface area contributed by atoms with Crippen LogP contribution in [0.25, 0.3) is 0 Å². The van der Waals surface area contributed by atoms with E-state index in [1.165, 1.54) is 10.6 Å². The van der Waals surface area contributed by atoms with Crippen LogP contribution in [0.15, 0.2) is 18.2 Å². The topological polar surface area (TPSA) is 46.6 Å². The van der Waals surface area contributed by atoms with E-state index in [-0.39, 0.29) is 5.92 Å². The van der Waals surface area contributed by atoms with Crippen molar-refractivity contribution in [3.63, 3.8) is 0 Å². The number of fused-ring (bicyclic) bond motifs is 1. The zero-order valence-corrected chi connectivity index (χ0v) is 10.4. The van der Waals surface area contributed by atoms with Crippen molar-refractivity contribution in [2.24, 2.45) is 0 Å². The molecule has 4 nitrogen and oxygen atoms in total. The summed E-state index contributed by atoms with van der Waals surface area (Å²) in [5.41, 5.74) is 1.81. The predicted octanol–water partition coefficient (Wildman–Crippen LogP) is 1.58. The highest BCUT2D eigenvalue weighted by atomic mass is 32.2. The van der Waals surface area contributed by atoms with Gasteiger partial charge in [-0.3, -0.25) is 4.31 Å². The Bertz CT molecular complexity index is 510. The van der Waals surface area contributed by atoms with Crippen molar-refractivity contribution in [3.8, 4) is 5.75 Å². The van der Waals surface area contributed by atoms with Crippen molar-refractivity contribution >= 4 is 15.7 Å². The molecular formula is C11H15NO3S. The van der Waals surface area contributed by atoms with Crippen LogP contribution in [0.4, 0.5) is 5.69 Å². The summed E-state index contributed by atoms with van der Waals surface area (Å²) in [6.07, 6.45) is 1.23. The van der Waals surface area contributed by atoms with Gasteiger partial charge in [-0.2, -0.15) is 0 Å². The molecule has 0 saturated carbocycles. The van der Waals surface area contributed by atoms with Crippen molar-refractivity contribution in [1.29, 1.82) is 0 Å². The highest BCUT2D eigenvalue weighted by Gasteiger charge is 2.31. The highest BCUT2D eigenvalue weighted by Crippen LogP contribution is 2.39. The average Bonchev–Trinajstić information content (AvgIpc) is 2.55. The Labute approximate surface area is 95.9 Å². The SMILES string of the molecule is COc1ccc2c(c1)N(S(C)(=O)=O)CC2C. The van der Waals surface area contributed by atoms with Gasteiger partial charge in [0.05, 0.1) is 19.1 Å². The third-order valence-electron chi connectivity index (χ3n) is 2.88. The van der Waals surface area contributed by atoms with Crippen LogP contribution in [0.2, 0.25) is 0 Å². The number of ether oxygens (including phenoxy) is 1. The first-order chi connectivity index (χ1) is 7.43. The monoisotopic (exact) mass is 241 g/mol. The fraction of sp³-hybridized carbons (Fsp3) is 0.455. The number of rotatable bonds is 2. The normalized spacial score (nSPS) is 19.7. The Hall–Kier alpha value is -1.23. The molecule has 1 aliphatic rings. The van der Waals surface area contributed by atoms with Crippen LogP contribution < -0.4 is 9.04 Å². The molecule has 16 heavy (non-hydrogen) atoms. The molecule has 0 aromatic heterocycles. The molecule has 0 bridgehead atoms. The van der Waals surface area contributed by atoms with E-state index in [0.29, 0.717) is 12.3 Å². The first-order valence-corrected chi connectivity index (χ1v) is 6.94. The van der Waals surface area contributed by atoms with Gasteiger partial charge in [0.2, 0.25) is 10.0 Å². The number of nitrogens with zero attached hydrogens (tertiary/aromatic N) is 1. The Balaban J connectivity index is 2.55. The molecule has 0 radical (unpaired) electrons. The smallest absolute Gasteiger partial charge is 0.232 e. The first-order valence-electron chi connectivity index (χ1n) is 5.09. The van der Waals surface area contributed by atoms with Gasteiger partial charge in [-0.1, -0.05) is 13.0 Å². The Morgan fingerprint density at radius 3 is 2.69 bits per heavy atom. The number of sulfonamides is 1. The molecule has 5 heteroatoms. The minimum atomic E-state index is -3.20. The van der Waals surface area contributed by atoms with Crippen LogP contribution in [-0.4, -0.2) is 28.3 Å². The third kappa shape index (κ3) is 1.75. The molecule has 0 aliphatic carbocycles. The van der Waals surface area contributed by atoms with E-state index in [2.05, 4.69) is 0 Å². The van der Waals surface area contributed by atoms with Gasteiger partial charge in [0.1, 0.15) is 5.75 Å². The van der Waals surface area contributed by atoms with Gasteiger partial charge in [0.25, 0.3) is 0 Å². The Morgan fingerprint density at radius 2 is 2.12 bits per heavy atom. The van der Waals surface area contributed by atoms with Gasteiger partial charge in [-0.15, -0.1) is 0 Å². The molecular weight excluding hydrogens is 226 g/mol. The van der Waals surface area contributed by atoms with Crippen molar-refractivity contribution < 1.29 is 13.2 Å². The van der Waals surface area contributed by atoms with Gasteiger partial charge in [-0.05, 0) is 11.6 Å². The second-order valence-electron chi connectivity index (χ2n) is 4.12. The van der Waals surface area contributed by atoms with Gasteiger partial charge in [0.15, 0.2) is 0 Å². The van der Waals surface area contributed by atoms with E-state index >= 15 is 0 Å². The lowest BCUT2D eigenvalue weighted by Crippen LogP contribution is -2.28. The Morgan fingerprint density at radius 1 is 1.44 bits per heavy atom. The van der Waals surface area contributed by atoms with E-state index in [1.807, 2.05) is 19.1 Å². The second kappa shape index (κ2) is 3.66. The van der Waals surface area contributed by atoms with Gasteiger partial charge in [0, 0.05) is 18.5 Å². The molecule has 1 aromatic rings. The number of anilines is 1. The molecule has 1 aliphatic heterocycles. The summed E-state index contributed by atoms with van der Waals surface area (Å²) in [5.74, 6) is 0.914. The van der Waals surface area contributed by atoms with Gasteiger partial charge >= 0.3 is 0 Å². The molecule has 2 rings (SSSR count). The van der Waals surface area contributed by atoms with Crippen LogP contribution in [0.1, 0.15) is 18.4 Å². The minimum Gasteiger partial charge on any atom is -0.497 e. The zero-order chi connectivity index (χ0) is 11.9. The van der Waals surface area contributed by atoms with Crippen molar-refractivity contribution in [3.05, 3.63) is 23.8 Å². The maximum atomic E-state index is 11.6. The molecule has 1 unspecified atom stereocenters. The number of methoxy groups -OCH3 is 1. The lowest BCUT2D eigenvalue weighted by Gasteiger charge is -2.16. The van der Waals surface area contributed by atoms with Gasteiger partial charge < -0.3 is 4.74 Å². The van der Waals surface area contributed by atoms with E-state index < -0.39 is 10.0 Å². The molecule has 0 N–H and O–H groups in total. The maximum absolute atomic E-state index is 11.6. The van der Waals surface area contributed by atoms with E-state index in [1.54, 1.807) is 13.2 Å². The summed E-state index contributed by atoms with van der Waals surface area (Å²) in [6, 6.07) is 5.57. The number of benzene rings is 1. The van der Waals surface area contributed by atoms with Crippen LogP contribution in [-0.2, 0) is 10.0 Å². The summed E-state index contributed by atoms with van der Waals surface area (Å²) in [5, 5.41) is 0. The largest absolute Gasteiger partial charge is 0.497 e. The molecule has 0 spiro atoms. The lowest BCUT2D eigenvalue weighted by molar-refractivity contribution is 0.415. The fourth-order valence-electron chi connectivity index (χ4n) is 2.04. The Kier molecular flexibility index (Phi) is 2.58. The zero-order valence-electron chi connectivity index (χ0n) is 9.60. The molecule has 1 heterocycles. The van der Waals surface area contributed by atoms with Crippen LogP contribution in [0.5, 0.6) is 5.75 Å². The third-order valence-corrected chi connectivity index (χ3v) is 4.02. The molecule has 0 saturated heterocycles. The van der Waals surface area contributed by atoms with Crippen molar-refractivity contribution in [1.82, 2.24) is 0 Å². The van der Waals surface area contributed by atoms with Crippen molar-refractivity contribution in [2.75, 3.05) is 24.2 Å². The van der Waals surface area contributed by atoms with Crippen LogP contribution >= 0.6 is 0 Å². The summed E-state index contributed by atoms with van der Waals surface area (Å²) < 4.78 is 29.8. The predicted molar refractivity (Wildman–Crippen MR) is 63.6 cm³/mol. The van der Waals surface area contributed by atoms with Crippen LogP contribution in [0, 0.1) is 0 Å².